The second-order valence-corrected chi connectivity index (χ2v) is 4.67. The van der Waals surface area contributed by atoms with Gasteiger partial charge in [-0.25, -0.2) is 0 Å². The van der Waals surface area contributed by atoms with Crippen molar-refractivity contribution in [1.29, 1.82) is 0 Å². The number of hydrogen-bond acceptors (Lipinski definition) is 5. The Morgan fingerprint density at radius 2 is 2.00 bits per heavy atom. The lowest BCUT2D eigenvalue weighted by Gasteiger charge is -2.15. The maximum atomic E-state index is 12.0. The van der Waals surface area contributed by atoms with Gasteiger partial charge in [-0.1, -0.05) is 0 Å². The standard InChI is InChI=1S/C15H24N2O4/c1-11(16-7-8-19-2)9-15(18)17-13-10-12(20-3)5-6-14(13)21-4/h5-6,10-11,16H,7-9H2,1-4H3,(H,17,18). The monoisotopic (exact) mass is 296 g/mol. The van der Waals surface area contributed by atoms with E-state index in [-0.39, 0.29) is 11.9 Å². The van der Waals surface area contributed by atoms with Gasteiger partial charge in [-0.2, -0.15) is 0 Å². The van der Waals surface area contributed by atoms with Crippen molar-refractivity contribution in [2.45, 2.75) is 19.4 Å². The van der Waals surface area contributed by atoms with Gasteiger partial charge in [0.1, 0.15) is 11.5 Å². The van der Waals surface area contributed by atoms with Gasteiger partial charge in [0.15, 0.2) is 0 Å². The Kier molecular flexibility index (Phi) is 7.56. The third kappa shape index (κ3) is 6.01. The predicted octanol–water partition coefficient (Wildman–Crippen LogP) is 1.66. The number of nitrogens with one attached hydrogen (secondary N) is 2. The van der Waals surface area contributed by atoms with Crippen LogP contribution in [-0.2, 0) is 9.53 Å². The summed E-state index contributed by atoms with van der Waals surface area (Å²) in [6, 6.07) is 5.34. The van der Waals surface area contributed by atoms with Gasteiger partial charge in [0, 0.05) is 32.2 Å². The Bertz CT molecular complexity index is 451. The molecule has 0 bridgehead atoms. The smallest absolute Gasteiger partial charge is 0.226 e. The number of hydrogen-bond donors (Lipinski definition) is 2. The molecule has 2 N–H and O–H groups in total. The fraction of sp³-hybridized carbons (Fsp3) is 0.533. The predicted molar refractivity (Wildman–Crippen MR) is 82.1 cm³/mol. The van der Waals surface area contributed by atoms with Gasteiger partial charge in [-0.15, -0.1) is 0 Å². The van der Waals surface area contributed by atoms with Crippen molar-refractivity contribution >= 4 is 11.6 Å². The van der Waals surface area contributed by atoms with Gasteiger partial charge in [0.2, 0.25) is 5.91 Å². The third-order valence-corrected chi connectivity index (χ3v) is 2.97. The summed E-state index contributed by atoms with van der Waals surface area (Å²) in [5.74, 6) is 1.18. The topological polar surface area (TPSA) is 68.8 Å². The highest BCUT2D eigenvalue weighted by atomic mass is 16.5. The summed E-state index contributed by atoms with van der Waals surface area (Å²) in [5, 5.41) is 6.05. The first-order chi connectivity index (χ1) is 10.1. The summed E-state index contributed by atoms with van der Waals surface area (Å²) >= 11 is 0. The van der Waals surface area contributed by atoms with Crippen LogP contribution in [0.3, 0.4) is 0 Å². The quantitative estimate of drug-likeness (QED) is 0.678. The Hall–Kier alpha value is -1.79. The van der Waals surface area contributed by atoms with Crippen LogP contribution in [0.4, 0.5) is 5.69 Å². The summed E-state index contributed by atoms with van der Waals surface area (Å²) in [6.07, 6.45) is 0.365. The summed E-state index contributed by atoms with van der Waals surface area (Å²) in [4.78, 5) is 12.0. The largest absolute Gasteiger partial charge is 0.497 e. The molecule has 6 heteroatoms. The van der Waals surface area contributed by atoms with Crippen LogP contribution >= 0.6 is 0 Å². The second-order valence-electron chi connectivity index (χ2n) is 4.67. The van der Waals surface area contributed by atoms with E-state index in [2.05, 4.69) is 10.6 Å². The molecule has 1 aromatic carbocycles. The number of carbonyl (C=O) groups is 1. The Morgan fingerprint density at radius 1 is 1.24 bits per heavy atom. The number of rotatable bonds is 9. The molecule has 1 amide bonds. The first-order valence-corrected chi connectivity index (χ1v) is 6.85. The molecule has 21 heavy (non-hydrogen) atoms. The molecular formula is C15H24N2O4. The number of methoxy groups -OCH3 is 3. The van der Waals surface area contributed by atoms with Gasteiger partial charge in [0.25, 0.3) is 0 Å². The van der Waals surface area contributed by atoms with Gasteiger partial charge >= 0.3 is 0 Å². The molecule has 1 aromatic rings. The molecule has 0 spiro atoms. The minimum absolute atomic E-state index is 0.0664. The van der Waals surface area contributed by atoms with E-state index in [1.165, 1.54) is 0 Å². The molecule has 118 valence electrons. The fourth-order valence-electron chi connectivity index (χ4n) is 1.87. The number of amides is 1. The van der Waals surface area contributed by atoms with Crippen LogP contribution in [0.15, 0.2) is 18.2 Å². The van der Waals surface area contributed by atoms with Crippen LogP contribution < -0.4 is 20.1 Å². The summed E-state index contributed by atoms with van der Waals surface area (Å²) < 4.78 is 15.3. The van der Waals surface area contributed by atoms with Crippen molar-refractivity contribution in [1.82, 2.24) is 5.32 Å². The van der Waals surface area contributed by atoms with Crippen LogP contribution in [0.2, 0.25) is 0 Å². The van der Waals surface area contributed by atoms with Gasteiger partial charge in [-0.3, -0.25) is 4.79 Å². The van der Waals surface area contributed by atoms with Crippen LogP contribution in [0.25, 0.3) is 0 Å². The molecular weight excluding hydrogens is 272 g/mol. The van der Waals surface area contributed by atoms with Crippen molar-refractivity contribution in [3.63, 3.8) is 0 Å². The molecule has 1 rings (SSSR count). The molecule has 6 nitrogen and oxygen atoms in total. The van der Waals surface area contributed by atoms with Crippen LogP contribution in [0.5, 0.6) is 11.5 Å². The second kappa shape index (κ2) is 9.20. The minimum atomic E-state index is -0.0843. The number of carbonyl (C=O) groups excluding carboxylic acids is 1. The lowest BCUT2D eigenvalue weighted by molar-refractivity contribution is -0.116. The van der Waals surface area contributed by atoms with E-state index in [9.17, 15) is 4.79 Å². The molecule has 0 fully saturated rings. The van der Waals surface area contributed by atoms with Crippen LogP contribution in [0, 0.1) is 0 Å². The number of benzene rings is 1. The summed E-state index contributed by atoms with van der Waals surface area (Å²) in [7, 11) is 4.79. The average Bonchev–Trinajstić information content (AvgIpc) is 2.47. The molecule has 0 aromatic heterocycles. The molecule has 1 atom stereocenters. The van der Waals surface area contributed by atoms with E-state index in [4.69, 9.17) is 14.2 Å². The Labute approximate surface area is 125 Å². The summed E-state index contributed by atoms with van der Waals surface area (Å²) in [6.45, 7) is 3.29. The first-order valence-electron chi connectivity index (χ1n) is 6.85. The fourth-order valence-corrected chi connectivity index (χ4v) is 1.87. The molecule has 0 radical (unpaired) electrons. The highest BCUT2D eigenvalue weighted by molar-refractivity contribution is 5.92. The van der Waals surface area contributed by atoms with Crippen molar-refractivity contribution in [2.24, 2.45) is 0 Å². The maximum absolute atomic E-state index is 12.0. The van der Waals surface area contributed by atoms with E-state index in [0.29, 0.717) is 36.8 Å². The van der Waals surface area contributed by atoms with E-state index < -0.39 is 0 Å². The highest BCUT2D eigenvalue weighted by Gasteiger charge is 2.12. The van der Waals surface area contributed by atoms with Crippen LogP contribution in [-0.4, -0.2) is 46.4 Å². The third-order valence-electron chi connectivity index (χ3n) is 2.97. The SMILES string of the molecule is COCCNC(C)CC(=O)Nc1cc(OC)ccc1OC. The van der Waals surface area contributed by atoms with E-state index in [1.54, 1.807) is 39.5 Å². The van der Waals surface area contributed by atoms with E-state index >= 15 is 0 Å². The van der Waals surface area contributed by atoms with Crippen molar-refractivity contribution in [3.05, 3.63) is 18.2 Å². The van der Waals surface area contributed by atoms with Crippen LogP contribution in [0.1, 0.15) is 13.3 Å². The lowest BCUT2D eigenvalue weighted by Crippen LogP contribution is -2.32. The zero-order valence-electron chi connectivity index (χ0n) is 13.1. The summed E-state index contributed by atoms with van der Waals surface area (Å²) in [5.41, 5.74) is 0.603. The van der Waals surface area contributed by atoms with E-state index in [0.717, 1.165) is 0 Å². The lowest BCUT2D eigenvalue weighted by atomic mass is 10.2. The highest BCUT2D eigenvalue weighted by Crippen LogP contribution is 2.28. The van der Waals surface area contributed by atoms with Crippen molar-refractivity contribution in [3.8, 4) is 11.5 Å². The van der Waals surface area contributed by atoms with Crippen molar-refractivity contribution in [2.75, 3.05) is 39.8 Å². The number of anilines is 1. The molecule has 0 saturated heterocycles. The Morgan fingerprint density at radius 3 is 2.62 bits per heavy atom. The molecule has 1 unspecified atom stereocenters. The zero-order chi connectivity index (χ0) is 15.7. The molecule has 0 aliphatic rings. The zero-order valence-corrected chi connectivity index (χ0v) is 13.1. The van der Waals surface area contributed by atoms with Gasteiger partial charge < -0.3 is 24.8 Å². The normalized spacial score (nSPS) is 11.8. The Balaban J connectivity index is 2.57. The van der Waals surface area contributed by atoms with Crippen molar-refractivity contribution < 1.29 is 19.0 Å². The van der Waals surface area contributed by atoms with E-state index in [1.807, 2.05) is 6.92 Å². The number of ether oxygens (including phenoxy) is 3. The van der Waals surface area contributed by atoms with Gasteiger partial charge in [0.05, 0.1) is 26.5 Å². The minimum Gasteiger partial charge on any atom is -0.497 e. The molecule has 0 aliphatic heterocycles. The molecule has 0 heterocycles. The molecule has 0 aliphatic carbocycles. The average molecular weight is 296 g/mol. The van der Waals surface area contributed by atoms with Gasteiger partial charge in [-0.05, 0) is 19.1 Å². The maximum Gasteiger partial charge on any atom is 0.226 e. The first kappa shape index (κ1) is 17.3. The molecule has 0 saturated carbocycles.